The lowest BCUT2D eigenvalue weighted by molar-refractivity contribution is 0.981. The molecule has 0 aliphatic rings. The van der Waals surface area contributed by atoms with Gasteiger partial charge in [-0.1, -0.05) is 11.6 Å². The van der Waals surface area contributed by atoms with Crippen molar-refractivity contribution in [2.45, 2.75) is 0 Å². The molecule has 0 bridgehead atoms. The second kappa shape index (κ2) is 4.66. The van der Waals surface area contributed by atoms with E-state index in [0.717, 1.165) is 0 Å². The molecule has 0 atom stereocenters. The molecule has 0 spiro atoms. The molecule has 2 heterocycles. The van der Waals surface area contributed by atoms with Crippen LogP contribution in [0.5, 0.6) is 0 Å². The maximum Gasteiger partial charge on any atom is 0.348 e. The van der Waals surface area contributed by atoms with Gasteiger partial charge in [-0.2, -0.15) is 5.10 Å². The molecule has 0 aliphatic carbocycles. The number of hydrogen-bond acceptors (Lipinski definition) is 4. The smallest absolute Gasteiger partial charge is 0.261 e. The summed E-state index contributed by atoms with van der Waals surface area (Å²) in [6.07, 6.45) is 4.64. The standard InChI is InChI=1S/C12H8ClN5O/c13-8-1-3-9(4-2-8)18-11(16-17-12(18)19)10-7-14-5-6-15-10/h1-7H,(H,17,19). The summed E-state index contributed by atoms with van der Waals surface area (Å²) in [5.41, 5.74) is 0.822. The Hall–Kier alpha value is -2.47. The SMILES string of the molecule is O=c1[nH]nc(-c2cnccn2)n1-c1ccc(Cl)cc1. The fourth-order valence-electron chi connectivity index (χ4n) is 1.71. The number of nitrogens with zero attached hydrogens (tertiary/aromatic N) is 4. The number of aromatic amines is 1. The first-order valence-electron chi connectivity index (χ1n) is 5.45. The average molecular weight is 274 g/mol. The van der Waals surface area contributed by atoms with E-state index >= 15 is 0 Å². The highest BCUT2D eigenvalue weighted by Gasteiger charge is 2.13. The quantitative estimate of drug-likeness (QED) is 0.770. The number of aromatic nitrogens is 5. The lowest BCUT2D eigenvalue weighted by atomic mass is 10.3. The molecule has 1 aromatic carbocycles. The molecule has 2 aromatic heterocycles. The zero-order valence-corrected chi connectivity index (χ0v) is 10.4. The number of halogens is 1. The minimum Gasteiger partial charge on any atom is -0.261 e. The van der Waals surface area contributed by atoms with Gasteiger partial charge in [0, 0.05) is 17.4 Å². The highest BCUT2D eigenvalue weighted by atomic mass is 35.5. The number of benzene rings is 1. The van der Waals surface area contributed by atoms with E-state index < -0.39 is 0 Å². The van der Waals surface area contributed by atoms with E-state index in [2.05, 4.69) is 20.2 Å². The number of H-pyrrole nitrogens is 1. The van der Waals surface area contributed by atoms with E-state index in [4.69, 9.17) is 11.6 Å². The third-order valence-electron chi connectivity index (χ3n) is 2.55. The van der Waals surface area contributed by atoms with Gasteiger partial charge in [0.25, 0.3) is 0 Å². The predicted molar refractivity (Wildman–Crippen MR) is 70.2 cm³/mol. The molecule has 0 saturated carbocycles. The fraction of sp³-hybridized carbons (Fsp3) is 0. The topological polar surface area (TPSA) is 76.5 Å². The van der Waals surface area contributed by atoms with Crippen molar-refractivity contribution < 1.29 is 0 Å². The van der Waals surface area contributed by atoms with Crippen LogP contribution in [0.1, 0.15) is 0 Å². The monoisotopic (exact) mass is 273 g/mol. The molecule has 0 radical (unpaired) electrons. The Bertz CT molecular complexity index is 748. The van der Waals surface area contributed by atoms with E-state index in [-0.39, 0.29) is 5.69 Å². The summed E-state index contributed by atoms with van der Waals surface area (Å²) in [5, 5.41) is 6.98. The van der Waals surface area contributed by atoms with Crippen molar-refractivity contribution in [2.24, 2.45) is 0 Å². The Morgan fingerprint density at radius 2 is 1.95 bits per heavy atom. The van der Waals surface area contributed by atoms with Crippen LogP contribution in [-0.2, 0) is 0 Å². The molecule has 1 N–H and O–H groups in total. The van der Waals surface area contributed by atoms with Crippen molar-refractivity contribution in [1.29, 1.82) is 0 Å². The van der Waals surface area contributed by atoms with Crippen molar-refractivity contribution >= 4 is 11.6 Å². The summed E-state index contributed by atoms with van der Waals surface area (Å²) in [7, 11) is 0. The van der Waals surface area contributed by atoms with Gasteiger partial charge < -0.3 is 0 Å². The first-order valence-corrected chi connectivity index (χ1v) is 5.83. The summed E-state index contributed by atoms with van der Waals surface area (Å²) < 4.78 is 1.42. The number of nitrogens with one attached hydrogen (secondary N) is 1. The summed E-state index contributed by atoms with van der Waals surface area (Å²) in [6, 6.07) is 6.88. The third kappa shape index (κ3) is 2.13. The first-order chi connectivity index (χ1) is 9.25. The van der Waals surface area contributed by atoms with Crippen LogP contribution in [-0.4, -0.2) is 24.7 Å². The van der Waals surface area contributed by atoms with Crippen LogP contribution in [0.3, 0.4) is 0 Å². The van der Waals surface area contributed by atoms with Gasteiger partial charge in [-0.3, -0.25) is 4.98 Å². The normalized spacial score (nSPS) is 10.6. The van der Waals surface area contributed by atoms with Gasteiger partial charge in [0.05, 0.1) is 11.9 Å². The maximum absolute atomic E-state index is 11.9. The molecule has 94 valence electrons. The van der Waals surface area contributed by atoms with E-state index in [1.165, 1.54) is 4.57 Å². The molecule has 0 fully saturated rings. The second-order valence-corrected chi connectivity index (χ2v) is 4.19. The Balaban J connectivity index is 2.19. The van der Waals surface area contributed by atoms with Crippen LogP contribution in [0.4, 0.5) is 0 Å². The molecule has 6 nitrogen and oxygen atoms in total. The van der Waals surface area contributed by atoms with E-state index in [1.807, 2.05) is 0 Å². The zero-order chi connectivity index (χ0) is 13.2. The molecule has 3 rings (SSSR count). The molecular weight excluding hydrogens is 266 g/mol. The molecule has 19 heavy (non-hydrogen) atoms. The minimum absolute atomic E-state index is 0.344. The lowest BCUT2D eigenvalue weighted by Gasteiger charge is -2.04. The van der Waals surface area contributed by atoms with Crippen LogP contribution in [0.15, 0.2) is 47.7 Å². The van der Waals surface area contributed by atoms with Crippen LogP contribution in [0.2, 0.25) is 5.02 Å². The molecule has 0 saturated heterocycles. The van der Waals surface area contributed by atoms with Crippen LogP contribution >= 0.6 is 11.6 Å². The maximum atomic E-state index is 11.9. The Morgan fingerprint density at radius 1 is 1.16 bits per heavy atom. The molecule has 0 unspecified atom stereocenters. The van der Waals surface area contributed by atoms with Crippen molar-refractivity contribution in [2.75, 3.05) is 0 Å². The number of hydrogen-bond donors (Lipinski definition) is 1. The molecule has 0 aliphatic heterocycles. The summed E-state index contributed by atoms with van der Waals surface area (Å²) in [5.74, 6) is 0.403. The van der Waals surface area contributed by atoms with Gasteiger partial charge >= 0.3 is 5.69 Å². The highest BCUT2D eigenvalue weighted by molar-refractivity contribution is 6.30. The predicted octanol–water partition coefficient (Wildman–Crippen LogP) is 1.67. The number of rotatable bonds is 2. The summed E-state index contributed by atoms with van der Waals surface area (Å²) in [4.78, 5) is 20.0. The van der Waals surface area contributed by atoms with Gasteiger partial charge in [-0.25, -0.2) is 19.4 Å². The van der Waals surface area contributed by atoms with Crippen LogP contribution in [0, 0.1) is 0 Å². The molecular formula is C12H8ClN5O. The zero-order valence-electron chi connectivity index (χ0n) is 9.62. The van der Waals surface area contributed by atoms with E-state index in [0.29, 0.717) is 22.2 Å². The lowest BCUT2D eigenvalue weighted by Crippen LogP contribution is -2.15. The van der Waals surface area contributed by atoms with Crippen molar-refractivity contribution in [1.82, 2.24) is 24.7 Å². The van der Waals surface area contributed by atoms with Gasteiger partial charge in [0.2, 0.25) is 0 Å². The van der Waals surface area contributed by atoms with Crippen molar-refractivity contribution in [3.8, 4) is 17.2 Å². The van der Waals surface area contributed by atoms with Crippen LogP contribution in [0.25, 0.3) is 17.2 Å². The fourth-order valence-corrected chi connectivity index (χ4v) is 1.84. The van der Waals surface area contributed by atoms with Crippen LogP contribution < -0.4 is 5.69 Å². The molecule has 3 aromatic rings. The first kappa shape index (κ1) is 11.6. The highest BCUT2D eigenvalue weighted by Crippen LogP contribution is 2.17. The third-order valence-corrected chi connectivity index (χ3v) is 2.80. The van der Waals surface area contributed by atoms with Gasteiger partial charge in [-0.05, 0) is 24.3 Å². The minimum atomic E-state index is -0.344. The van der Waals surface area contributed by atoms with E-state index in [9.17, 15) is 4.79 Å². The summed E-state index contributed by atoms with van der Waals surface area (Å²) >= 11 is 5.84. The average Bonchev–Trinajstić information content (AvgIpc) is 2.83. The van der Waals surface area contributed by atoms with E-state index in [1.54, 1.807) is 42.9 Å². The van der Waals surface area contributed by atoms with Crippen molar-refractivity contribution in [3.05, 3.63) is 58.4 Å². The largest absolute Gasteiger partial charge is 0.348 e. The van der Waals surface area contributed by atoms with Crippen molar-refractivity contribution in [3.63, 3.8) is 0 Å². The summed E-state index contributed by atoms with van der Waals surface area (Å²) in [6.45, 7) is 0. The Labute approximate surface area is 112 Å². The molecule has 7 heteroatoms. The van der Waals surface area contributed by atoms with Gasteiger partial charge in [0.15, 0.2) is 5.82 Å². The molecule has 0 amide bonds. The second-order valence-electron chi connectivity index (χ2n) is 3.75. The Morgan fingerprint density at radius 3 is 2.63 bits per heavy atom. The van der Waals surface area contributed by atoms with Gasteiger partial charge in [-0.15, -0.1) is 0 Å². The Kier molecular flexibility index (Phi) is 2.85. The van der Waals surface area contributed by atoms with Gasteiger partial charge in [0.1, 0.15) is 5.69 Å².